The molecule has 3 aromatic carbocycles. The quantitative estimate of drug-likeness (QED) is 0.222. The zero-order chi connectivity index (χ0) is 27.8. The van der Waals surface area contributed by atoms with Crippen molar-refractivity contribution < 1.29 is 21.4 Å². The molecule has 0 saturated heterocycles. The Morgan fingerprint density at radius 1 is 0.718 bits per heavy atom. The Labute approximate surface area is 229 Å². The summed E-state index contributed by atoms with van der Waals surface area (Å²) in [7, 11) is -7.99. The predicted molar refractivity (Wildman–Crippen MR) is 148 cm³/mol. The second kappa shape index (κ2) is 10.2. The molecule has 14 heteroatoms. The minimum absolute atomic E-state index is 0.00151. The van der Waals surface area contributed by atoms with Crippen LogP contribution in [-0.4, -0.2) is 32.0 Å². The van der Waals surface area contributed by atoms with E-state index in [0.717, 1.165) is 0 Å². The summed E-state index contributed by atoms with van der Waals surface area (Å²) in [6.45, 7) is 3.26. The molecular weight excluding hydrogens is 564 g/mol. The van der Waals surface area contributed by atoms with Gasteiger partial charge in [-0.3, -0.25) is 9.44 Å². The van der Waals surface area contributed by atoms with E-state index in [-0.39, 0.29) is 27.3 Å². The predicted octanol–water partition coefficient (Wildman–Crippen LogP) is 5.23. The largest absolute Gasteiger partial charge is 0.342 e. The Hall–Kier alpha value is -4.20. The number of nitrogens with zero attached hydrogens (tertiary/aromatic N) is 3. The van der Waals surface area contributed by atoms with E-state index in [1.165, 1.54) is 36.4 Å². The van der Waals surface area contributed by atoms with Crippen molar-refractivity contribution in [2.75, 3.05) is 14.8 Å². The van der Waals surface area contributed by atoms with Crippen LogP contribution in [0.4, 0.5) is 23.0 Å². The molecule has 200 valence electrons. The fourth-order valence-electron chi connectivity index (χ4n) is 3.56. The fourth-order valence-corrected chi connectivity index (χ4v) is 5.92. The van der Waals surface area contributed by atoms with Crippen molar-refractivity contribution in [1.29, 1.82) is 0 Å². The number of aryl methyl sites for hydroxylation is 1. The Bertz CT molecular complexity index is 1890. The SMILES string of the molecule is Cc1noc(S(=O)(=O)Nc2ccc(Nc3nc4ccccc4nc3NS(=O)(=O)c3ccc(Cl)cc3)cc2)c1C. The maximum absolute atomic E-state index is 13.0. The number of nitrogens with one attached hydrogen (secondary N) is 3. The zero-order valence-electron chi connectivity index (χ0n) is 20.5. The highest BCUT2D eigenvalue weighted by molar-refractivity contribution is 7.93. The number of hydrogen-bond donors (Lipinski definition) is 3. The molecule has 39 heavy (non-hydrogen) atoms. The number of sulfonamides is 2. The van der Waals surface area contributed by atoms with Gasteiger partial charge in [0.1, 0.15) is 0 Å². The van der Waals surface area contributed by atoms with E-state index in [9.17, 15) is 16.8 Å². The first kappa shape index (κ1) is 26.4. The molecule has 0 aliphatic heterocycles. The molecule has 3 N–H and O–H groups in total. The lowest BCUT2D eigenvalue weighted by Gasteiger charge is -2.14. The zero-order valence-corrected chi connectivity index (χ0v) is 22.9. The minimum Gasteiger partial charge on any atom is -0.342 e. The highest BCUT2D eigenvalue weighted by Crippen LogP contribution is 2.29. The summed E-state index contributed by atoms with van der Waals surface area (Å²) in [6, 6.07) is 19.0. The summed E-state index contributed by atoms with van der Waals surface area (Å²) in [6.07, 6.45) is 0. The number of rotatable bonds is 8. The van der Waals surface area contributed by atoms with Gasteiger partial charge in [-0.25, -0.2) is 18.4 Å². The Morgan fingerprint density at radius 2 is 1.31 bits per heavy atom. The van der Waals surface area contributed by atoms with E-state index in [1.807, 2.05) is 0 Å². The van der Waals surface area contributed by atoms with Crippen molar-refractivity contribution in [1.82, 2.24) is 15.1 Å². The maximum atomic E-state index is 13.0. The number of benzene rings is 3. The van der Waals surface area contributed by atoms with E-state index in [2.05, 4.69) is 29.9 Å². The van der Waals surface area contributed by atoms with E-state index in [4.69, 9.17) is 16.1 Å². The lowest BCUT2D eigenvalue weighted by molar-refractivity contribution is 0.335. The summed E-state index contributed by atoms with van der Waals surface area (Å²) >= 11 is 5.90. The van der Waals surface area contributed by atoms with Crippen molar-refractivity contribution in [3.63, 3.8) is 0 Å². The highest BCUT2D eigenvalue weighted by atomic mass is 35.5. The third-order valence-electron chi connectivity index (χ3n) is 5.68. The summed E-state index contributed by atoms with van der Waals surface area (Å²) in [4.78, 5) is 9.00. The van der Waals surface area contributed by atoms with E-state index < -0.39 is 20.0 Å². The molecule has 0 unspecified atom stereocenters. The van der Waals surface area contributed by atoms with Crippen molar-refractivity contribution >= 4 is 65.7 Å². The first-order chi connectivity index (χ1) is 18.5. The Morgan fingerprint density at radius 3 is 1.90 bits per heavy atom. The third-order valence-corrected chi connectivity index (χ3v) is 8.66. The molecule has 0 aliphatic rings. The standard InChI is InChI=1S/C25H21ClN6O5S2/c1-15-16(2)30-37-25(15)39(35,36)31-19-11-9-18(10-12-19)27-23-24(29-22-6-4-3-5-21(22)28-23)32-38(33,34)20-13-7-17(26)8-14-20/h3-14,31H,1-2H3,(H,27,28)(H,29,32). The molecule has 5 aromatic rings. The normalized spacial score (nSPS) is 11.9. The first-order valence-electron chi connectivity index (χ1n) is 11.4. The van der Waals surface area contributed by atoms with Gasteiger partial charge >= 0.3 is 0 Å². The monoisotopic (exact) mass is 584 g/mol. The average molecular weight is 585 g/mol. The number of halogens is 1. The van der Waals surface area contributed by atoms with Crippen LogP contribution >= 0.6 is 11.6 Å². The van der Waals surface area contributed by atoms with Gasteiger partial charge in [0.2, 0.25) is 0 Å². The second-order valence-corrected chi connectivity index (χ2v) is 12.2. The van der Waals surface area contributed by atoms with Crippen LogP contribution in [0.1, 0.15) is 11.3 Å². The van der Waals surface area contributed by atoms with Gasteiger partial charge in [0.15, 0.2) is 11.6 Å². The molecule has 0 amide bonds. The number of anilines is 4. The van der Waals surface area contributed by atoms with Crippen LogP contribution in [0, 0.1) is 13.8 Å². The lowest BCUT2D eigenvalue weighted by Crippen LogP contribution is -2.16. The molecule has 0 atom stereocenters. The Kier molecular flexibility index (Phi) is 6.89. The van der Waals surface area contributed by atoms with Gasteiger partial charge in [0.25, 0.3) is 25.1 Å². The molecular formula is C25H21ClN6O5S2. The molecule has 2 aromatic heterocycles. The minimum atomic E-state index is -4.01. The van der Waals surface area contributed by atoms with E-state index in [0.29, 0.717) is 33.0 Å². The first-order valence-corrected chi connectivity index (χ1v) is 14.7. The molecule has 0 fully saturated rings. The van der Waals surface area contributed by atoms with Gasteiger partial charge in [-0.15, -0.1) is 0 Å². The van der Waals surface area contributed by atoms with Crippen LogP contribution in [0.5, 0.6) is 0 Å². The average Bonchev–Trinajstić information content (AvgIpc) is 3.24. The molecule has 0 aliphatic carbocycles. The van der Waals surface area contributed by atoms with Gasteiger partial charge < -0.3 is 9.84 Å². The van der Waals surface area contributed by atoms with Gasteiger partial charge in [-0.1, -0.05) is 28.9 Å². The number of para-hydroxylation sites is 2. The van der Waals surface area contributed by atoms with Crippen molar-refractivity contribution in [3.8, 4) is 0 Å². The van der Waals surface area contributed by atoms with Gasteiger partial charge in [-0.05, 0) is 74.5 Å². The third kappa shape index (κ3) is 5.65. The van der Waals surface area contributed by atoms with Gasteiger partial charge in [0, 0.05) is 22.0 Å². The summed E-state index contributed by atoms with van der Waals surface area (Å²) < 4.78 is 61.4. The summed E-state index contributed by atoms with van der Waals surface area (Å²) in [5.74, 6) is 0.122. The van der Waals surface area contributed by atoms with Crippen LogP contribution < -0.4 is 14.8 Å². The molecule has 11 nitrogen and oxygen atoms in total. The van der Waals surface area contributed by atoms with Gasteiger partial charge in [0.05, 0.1) is 21.6 Å². The summed E-state index contributed by atoms with van der Waals surface area (Å²) in [5, 5.41) is 6.89. The smallest absolute Gasteiger partial charge is 0.298 e. The van der Waals surface area contributed by atoms with Crippen molar-refractivity contribution in [2.45, 2.75) is 23.8 Å². The molecule has 2 heterocycles. The van der Waals surface area contributed by atoms with Gasteiger partial charge in [-0.2, -0.15) is 8.42 Å². The van der Waals surface area contributed by atoms with Crippen LogP contribution in [0.3, 0.4) is 0 Å². The summed E-state index contributed by atoms with van der Waals surface area (Å²) in [5.41, 5.74) is 2.71. The number of hydrogen-bond acceptors (Lipinski definition) is 9. The number of fused-ring (bicyclic) bond motifs is 1. The maximum Gasteiger partial charge on any atom is 0.298 e. The van der Waals surface area contributed by atoms with Crippen LogP contribution in [-0.2, 0) is 20.0 Å². The fraction of sp³-hybridized carbons (Fsp3) is 0.0800. The molecule has 0 spiro atoms. The van der Waals surface area contributed by atoms with Crippen molar-refractivity contribution in [2.24, 2.45) is 0 Å². The topological polar surface area (TPSA) is 156 Å². The van der Waals surface area contributed by atoms with Crippen LogP contribution in [0.15, 0.2) is 87.3 Å². The van der Waals surface area contributed by atoms with Crippen LogP contribution in [0.2, 0.25) is 5.02 Å². The van der Waals surface area contributed by atoms with E-state index in [1.54, 1.807) is 50.2 Å². The molecule has 0 bridgehead atoms. The molecule has 0 radical (unpaired) electrons. The second-order valence-electron chi connectivity index (χ2n) is 8.46. The molecule has 0 saturated carbocycles. The molecule has 5 rings (SSSR count). The lowest BCUT2D eigenvalue weighted by atomic mass is 10.3. The van der Waals surface area contributed by atoms with Crippen molar-refractivity contribution in [3.05, 3.63) is 89.1 Å². The van der Waals surface area contributed by atoms with Crippen LogP contribution in [0.25, 0.3) is 11.0 Å². The number of aromatic nitrogens is 3. The Balaban J connectivity index is 1.43. The highest BCUT2D eigenvalue weighted by Gasteiger charge is 2.24. The van der Waals surface area contributed by atoms with E-state index >= 15 is 0 Å².